The predicted molar refractivity (Wildman–Crippen MR) is 77.4 cm³/mol. The van der Waals surface area contributed by atoms with Gasteiger partial charge < -0.3 is 9.80 Å². The topological polar surface area (TPSA) is 15.3 Å². The molecule has 0 saturated carbocycles. The van der Waals surface area contributed by atoms with Gasteiger partial charge in [0.05, 0.1) is 26.2 Å². The minimum absolute atomic E-state index is 1.09. The van der Waals surface area contributed by atoms with E-state index in [0.29, 0.717) is 0 Å². The normalized spacial score (nSPS) is 12.4. The van der Waals surface area contributed by atoms with Crippen molar-refractivity contribution in [2.24, 2.45) is 0 Å². The zero-order chi connectivity index (χ0) is 13.1. The summed E-state index contributed by atoms with van der Waals surface area (Å²) in [6.45, 7) is 22.3. The van der Waals surface area contributed by atoms with Crippen LogP contribution in [0.15, 0.2) is 0 Å². The summed E-state index contributed by atoms with van der Waals surface area (Å²) in [7, 11) is 0. The Morgan fingerprint density at radius 1 is 0.882 bits per heavy atom. The summed E-state index contributed by atoms with van der Waals surface area (Å²) in [5.41, 5.74) is 0. The van der Waals surface area contributed by atoms with Crippen molar-refractivity contribution >= 4 is 0 Å². The number of hydrogen-bond acceptors (Lipinski definition) is 2. The largest absolute Gasteiger partial charge is 0.322 e. The van der Waals surface area contributed by atoms with Crippen LogP contribution >= 0.6 is 0 Å². The molecule has 0 amide bonds. The van der Waals surface area contributed by atoms with Crippen LogP contribution in [0.1, 0.15) is 34.6 Å². The number of rotatable bonds is 11. The summed E-state index contributed by atoms with van der Waals surface area (Å²) < 4.78 is 1.25. The fraction of sp³-hybridized carbons (Fsp3) is 1.00. The Bertz CT molecular complexity index is 163. The quantitative estimate of drug-likeness (QED) is 0.440. The van der Waals surface area contributed by atoms with Gasteiger partial charge in [-0.2, -0.15) is 0 Å². The van der Waals surface area contributed by atoms with Crippen molar-refractivity contribution < 1.29 is 4.48 Å². The number of quaternary nitrogens is 1. The van der Waals surface area contributed by atoms with Crippen molar-refractivity contribution in [1.29, 1.82) is 0 Å². The summed E-state index contributed by atoms with van der Waals surface area (Å²) in [5.74, 6) is 0. The lowest BCUT2D eigenvalue weighted by Gasteiger charge is -2.38. The highest BCUT2D eigenvalue weighted by atomic mass is 15.4. The van der Waals surface area contributed by atoms with Crippen LogP contribution in [0.5, 0.6) is 0 Å². The van der Waals surface area contributed by atoms with E-state index in [0.717, 1.165) is 13.1 Å². The van der Waals surface area contributed by atoms with E-state index >= 15 is 0 Å². The molecule has 17 heavy (non-hydrogen) atoms. The van der Waals surface area contributed by atoms with Crippen LogP contribution in [0, 0.1) is 0 Å². The summed E-state index contributed by atoms with van der Waals surface area (Å²) in [4.78, 5) is 2.53. The van der Waals surface area contributed by atoms with E-state index in [1.165, 1.54) is 50.3 Å². The molecule has 0 aliphatic heterocycles. The average molecular weight is 244 g/mol. The van der Waals surface area contributed by atoms with Crippen LogP contribution in [0.25, 0.3) is 0 Å². The highest BCUT2D eigenvalue weighted by Gasteiger charge is 2.22. The minimum Gasteiger partial charge on any atom is -0.322 e. The van der Waals surface area contributed by atoms with Crippen LogP contribution in [0.4, 0.5) is 0 Å². The Balaban J connectivity index is 4.18. The molecule has 104 valence electrons. The fourth-order valence-electron chi connectivity index (χ4n) is 2.35. The molecule has 0 aromatic carbocycles. The summed E-state index contributed by atoms with van der Waals surface area (Å²) in [5, 5.41) is 3.46. The first-order valence-electron chi connectivity index (χ1n) is 7.46. The molecule has 0 fully saturated rings. The first-order chi connectivity index (χ1) is 8.17. The minimum atomic E-state index is 1.09. The van der Waals surface area contributed by atoms with Gasteiger partial charge in [-0.15, -0.1) is 0 Å². The lowest BCUT2D eigenvalue weighted by Crippen LogP contribution is -2.54. The van der Waals surface area contributed by atoms with E-state index in [4.69, 9.17) is 0 Å². The lowest BCUT2D eigenvalue weighted by atomic mass is 10.3. The molecule has 0 rings (SSSR count). The predicted octanol–water partition coefficient (Wildman–Crippen LogP) is 1.79. The van der Waals surface area contributed by atoms with Gasteiger partial charge in [0.2, 0.25) is 0 Å². The number of hydrogen-bond donors (Lipinski definition) is 1. The van der Waals surface area contributed by atoms with E-state index in [9.17, 15) is 0 Å². The summed E-state index contributed by atoms with van der Waals surface area (Å²) in [6.07, 6.45) is 0. The third kappa shape index (κ3) is 6.39. The highest BCUT2D eigenvalue weighted by molar-refractivity contribution is 4.54. The van der Waals surface area contributed by atoms with Gasteiger partial charge in [0, 0.05) is 13.1 Å². The van der Waals surface area contributed by atoms with E-state index in [1.54, 1.807) is 0 Å². The van der Waals surface area contributed by atoms with Crippen LogP contribution in [-0.2, 0) is 0 Å². The van der Waals surface area contributed by atoms with Crippen molar-refractivity contribution in [3.8, 4) is 0 Å². The molecule has 0 aliphatic carbocycles. The molecule has 0 bridgehead atoms. The van der Waals surface area contributed by atoms with Crippen LogP contribution in [0.2, 0.25) is 0 Å². The first-order valence-corrected chi connectivity index (χ1v) is 7.46. The van der Waals surface area contributed by atoms with Gasteiger partial charge in [0.25, 0.3) is 0 Å². The van der Waals surface area contributed by atoms with Crippen molar-refractivity contribution in [1.82, 2.24) is 10.2 Å². The Hall–Kier alpha value is -0.120. The standard InChI is InChI=1S/C14H34N3/c1-6-15-11-13-17(9-4,10-5)14-12-16(7-2)8-3/h15H,6-14H2,1-5H3/q+1. The fourth-order valence-corrected chi connectivity index (χ4v) is 2.35. The number of nitrogens with zero attached hydrogens (tertiary/aromatic N) is 2. The van der Waals surface area contributed by atoms with Gasteiger partial charge >= 0.3 is 0 Å². The molecule has 3 heteroatoms. The smallest absolute Gasteiger partial charge is 0.0916 e. The van der Waals surface area contributed by atoms with Gasteiger partial charge in [-0.05, 0) is 33.5 Å². The van der Waals surface area contributed by atoms with Crippen LogP contribution in [0.3, 0.4) is 0 Å². The molecule has 0 aromatic heterocycles. The second-order valence-corrected chi connectivity index (χ2v) is 4.80. The molecule has 0 radical (unpaired) electrons. The molecular weight excluding hydrogens is 210 g/mol. The lowest BCUT2D eigenvalue weighted by molar-refractivity contribution is -0.923. The van der Waals surface area contributed by atoms with Crippen LogP contribution < -0.4 is 5.32 Å². The third-order valence-electron chi connectivity index (χ3n) is 4.14. The van der Waals surface area contributed by atoms with Gasteiger partial charge in [0.1, 0.15) is 0 Å². The van der Waals surface area contributed by atoms with Gasteiger partial charge in [0.15, 0.2) is 0 Å². The third-order valence-corrected chi connectivity index (χ3v) is 4.14. The van der Waals surface area contributed by atoms with Crippen molar-refractivity contribution in [2.75, 3.05) is 58.9 Å². The summed E-state index contributed by atoms with van der Waals surface area (Å²) in [6, 6.07) is 0. The molecule has 0 unspecified atom stereocenters. The van der Waals surface area contributed by atoms with Crippen molar-refractivity contribution in [3.63, 3.8) is 0 Å². The molecule has 1 N–H and O–H groups in total. The second-order valence-electron chi connectivity index (χ2n) is 4.80. The maximum absolute atomic E-state index is 3.46. The molecule has 0 spiro atoms. The highest BCUT2D eigenvalue weighted by Crippen LogP contribution is 2.06. The van der Waals surface area contributed by atoms with Gasteiger partial charge in [-0.1, -0.05) is 20.8 Å². The Kier molecular flexibility index (Phi) is 9.79. The Morgan fingerprint density at radius 3 is 1.88 bits per heavy atom. The zero-order valence-electron chi connectivity index (χ0n) is 12.8. The van der Waals surface area contributed by atoms with Gasteiger partial charge in [-0.3, -0.25) is 4.90 Å². The molecular formula is C14H34N3+. The molecule has 0 aromatic rings. The molecule has 0 saturated heterocycles. The van der Waals surface area contributed by atoms with Crippen molar-refractivity contribution in [3.05, 3.63) is 0 Å². The van der Waals surface area contributed by atoms with Crippen LogP contribution in [-0.4, -0.2) is 68.3 Å². The first kappa shape index (κ1) is 16.9. The second kappa shape index (κ2) is 9.86. The maximum Gasteiger partial charge on any atom is 0.0916 e. The summed E-state index contributed by atoms with van der Waals surface area (Å²) >= 11 is 0. The Morgan fingerprint density at radius 2 is 1.47 bits per heavy atom. The molecule has 0 atom stereocenters. The average Bonchev–Trinajstić information content (AvgIpc) is 2.38. The van der Waals surface area contributed by atoms with E-state index in [1.807, 2.05) is 0 Å². The SMILES string of the molecule is CCNCC[N+](CC)(CC)CCN(CC)CC. The van der Waals surface area contributed by atoms with E-state index < -0.39 is 0 Å². The maximum atomic E-state index is 3.46. The van der Waals surface area contributed by atoms with Crippen molar-refractivity contribution in [2.45, 2.75) is 34.6 Å². The molecule has 3 nitrogen and oxygen atoms in total. The van der Waals surface area contributed by atoms with E-state index in [-0.39, 0.29) is 0 Å². The molecule has 0 heterocycles. The number of likely N-dealkylation sites (N-methyl/N-ethyl adjacent to an activating group) is 3. The zero-order valence-corrected chi connectivity index (χ0v) is 12.8. The monoisotopic (exact) mass is 244 g/mol. The van der Waals surface area contributed by atoms with Gasteiger partial charge in [-0.25, -0.2) is 0 Å². The Labute approximate surface area is 109 Å². The van der Waals surface area contributed by atoms with E-state index in [2.05, 4.69) is 44.8 Å². The number of nitrogens with one attached hydrogen (secondary N) is 1. The molecule has 0 aliphatic rings.